The molecule has 2 aromatic rings. The molecule has 2 aliphatic heterocycles. The molecule has 2 heterocycles. The lowest BCUT2D eigenvalue weighted by Gasteiger charge is -2.25. The Morgan fingerprint density at radius 3 is 2.67 bits per heavy atom. The van der Waals surface area contributed by atoms with Gasteiger partial charge < -0.3 is 4.90 Å². The molecular formula is C17H14ClN3. The van der Waals surface area contributed by atoms with E-state index >= 15 is 0 Å². The van der Waals surface area contributed by atoms with Crippen molar-refractivity contribution in [3.8, 4) is 0 Å². The van der Waals surface area contributed by atoms with Crippen molar-refractivity contribution in [2.75, 3.05) is 11.4 Å². The number of rotatable bonds is 2. The average molecular weight is 296 g/mol. The van der Waals surface area contributed by atoms with Gasteiger partial charge in [-0.15, -0.1) is 0 Å². The van der Waals surface area contributed by atoms with E-state index in [-0.39, 0.29) is 6.04 Å². The summed E-state index contributed by atoms with van der Waals surface area (Å²) in [4.78, 5) is 11.4. The van der Waals surface area contributed by atoms with Crippen LogP contribution < -0.4 is 4.90 Å². The lowest BCUT2D eigenvalue weighted by atomic mass is 10.1. The van der Waals surface area contributed by atoms with E-state index in [9.17, 15) is 0 Å². The highest BCUT2D eigenvalue weighted by molar-refractivity contribution is 6.85. The third-order valence-corrected chi connectivity index (χ3v) is 4.10. The zero-order valence-corrected chi connectivity index (χ0v) is 12.2. The van der Waals surface area contributed by atoms with Crippen molar-refractivity contribution in [3.05, 3.63) is 60.2 Å². The predicted molar refractivity (Wildman–Crippen MR) is 88.1 cm³/mol. The maximum atomic E-state index is 6.29. The standard InChI is InChI=1S/C17H14ClN3/c18-16-17-19-13(10-12-6-2-1-3-7-12)11-21(17)15-9-5-4-8-14(15)20-16/h1-9,13H,10-11H2. The fourth-order valence-electron chi connectivity index (χ4n) is 2.90. The Balaban J connectivity index is 1.64. The molecule has 3 nitrogen and oxygen atoms in total. The molecule has 4 heteroatoms. The van der Waals surface area contributed by atoms with Crippen molar-refractivity contribution in [2.45, 2.75) is 12.5 Å². The van der Waals surface area contributed by atoms with Crippen LogP contribution in [-0.4, -0.2) is 23.6 Å². The summed E-state index contributed by atoms with van der Waals surface area (Å²) in [5.41, 5.74) is 3.31. The minimum atomic E-state index is 0.220. The molecule has 0 amide bonds. The van der Waals surface area contributed by atoms with E-state index in [2.05, 4.69) is 40.2 Å². The van der Waals surface area contributed by atoms with Crippen molar-refractivity contribution < 1.29 is 0 Å². The SMILES string of the molecule is ClC1=Nc2ccccc2N2CC(Cc3ccccc3)N=C12. The van der Waals surface area contributed by atoms with Crippen molar-refractivity contribution in [2.24, 2.45) is 9.98 Å². The molecule has 0 spiro atoms. The van der Waals surface area contributed by atoms with Gasteiger partial charge in [0, 0.05) is 6.54 Å². The van der Waals surface area contributed by atoms with Crippen LogP contribution >= 0.6 is 11.6 Å². The van der Waals surface area contributed by atoms with Crippen LogP contribution in [0.2, 0.25) is 0 Å². The first-order valence-corrected chi connectivity index (χ1v) is 7.42. The summed E-state index contributed by atoms with van der Waals surface area (Å²) >= 11 is 6.29. The average Bonchev–Trinajstić information content (AvgIpc) is 2.93. The van der Waals surface area contributed by atoms with E-state index in [0.29, 0.717) is 5.17 Å². The molecule has 104 valence electrons. The Morgan fingerprint density at radius 1 is 1.05 bits per heavy atom. The molecule has 2 aromatic carbocycles. The maximum Gasteiger partial charge on any atom is 0.172 e. The third kappa shape index (κ3) is 2.24. The van der Waals surface area contributed by atoms with Crippen molar-refractivity contribution in [3.63, 3.8) is 0 Å². The van der Waals surface area contributed by atoms with Crippen LogP contribution in [0.15, 0.2) is 64.6 Å². The molecule has 0 fully saturated rings. The van der Waals surface area contributed by atoms with Crippen LogP contribution in [0.4, 0.5) is 11.4 Å². The second-order valence-corrected chi connectivity index (χ2v) is 5.66. The molecular weight excluding hydrogens is 282 g/mol. The highest BCUT2D eigenvalue weighted by atomic mass is 35.5. The molecule has 4 rings (SSSR count). The second-order valence-electron chi connectivity index (χ2n) is 5.30. The molecule has 1 atom stereocenters. The van der Waals surface area contributed by atoms with Gasteiger partial charge in [-0.3, -0.25) is 4.99 Å². The van der Waals surface area contributed by atoms with Gasteiger partial charge in [0.1, 0.15) is 0 Å². The van der Waals surface area contributed by atoms with Gasteiger partial charge in [0.05, 0.1) is 17.4 Å². The summed E-state index contributed by atoms with van der Waals surface area (Å²) in [7, 11) is 0. The number of halogens is 1. The molecule has 0 saturated heterocycles. The van der Waals surface area contributed by atoms with Crippen LogP contribution in [0.25, 0.3) is 0 Å². The van der Waals surface area contributed by atoms with Gasteiger partial charge in [-0.25, -0.2) is 4.99 Å². The molecule has 2 aliphatic rings. The van der Waals surface area contributed by atoms with E-state index in [1.165, 1.54) is 5.56 Å². The first kappa shape index (κ1) is 12.6. The Bertz CT molecular complexity index is 737. The maximum absolute atomic E-state index is 6.29. The van der Waals surface area contributed by atoms with Crippen molar-refractivity contribution in [1.29, 1.82) is 0 Å². The lowest BCUT2D eigenvalue weighted by molar-refractivity contribution is 0.714. The van der Waals surface area contributed by atoms with Crippen molar-refractivity contribution >= 4 is 34.0 Å². The monoisotopic (exact) mass is 295 g/mol. The summed E-state index contributed by atoms with van der Waals surface area (Å²) in [6, 6.07) is 18.7. The van der Waals surface area contributed by atoms with Gasteiger partial charge in [-0.1, -0.05) is 54.1 Å². The number of benzene rings is 2. The summed E-state index contributed by atoms with van der Waals surface area (Å²) < 4.78 is 0. The Hall–Kier alpha value is -2.13. The fraction of sp³-hybridized carbons (Fsp3) is 0.176. The summed E-state index contributed by atoms with van der Waals surface area (Å²) in [6.45, 7) is 0.854. The second kappa shape index (κ2) is 5.01. The van der Waals surface area contributed by atoms with E-state index in [1.54, 1.807) is 0 Å². The number of hydrogen-bond donors (Lipinski definition) is 0. The van der Waals surface area contributed by atoms with Gasteiger partial charge in [-0.05, 0) is 24.1 Å². The molecule has 0 N–H and O–H groups in total. The fourth-order valence-corrected chi connectivity index (χ4v) is 3.14. The minimum absolute atomic E-state index is 0.220. The Labute approximate surface area is 128 Å². The van der Waals surface area contributed by atoms with Crippen molar-refractivity contribution in [1.82, 2.24) is 0 Å². The lowest BCUT2D eigenvalue weighted by Crippen LogP contribution is -2.34. The predicted octanol–water partition coefficient (Wildman–Crippen LogP) is 3.80. The highest BCUT2D eigenvalue weighted by Gasteiger charge is 2.32. The van der Waals surface area contributed by atoms with Crippen LogP contribution in [0.3, 0.4) is 0 Å². The smallest absolute Gasteiger partial charge is 0.172 e. The molecule has 1 unspecified atom stereocenters. The Kier molecular flexibility index (Phi) is 3.00. The zero-order chi connectivity index (χ0) is 14.2. The van der Waals surface area contributed by atoms with Crippen LogP contribution in [0, 0.1) is 0 Å². The van der Waals surface area contributed by atoms with Crippen LogP contribution in [-0.2, 0) is 6.42 Å². The summed E-state index contributed by atoms with van der Waals surface area (Å²) in [5, 5.41) is 0.490. The van der Waals surface area contributed by atoms with E-state index in [4.69, 9.17) is 16.6 Å². The summed E-state index contributed by atoms with van der Waals surface area (Å²) in [5.74, 6) is 0.802. The molecule has 21 heavy (non-hydrogen) atoms. The van der Waals surface area contributed by atoms with Crippen LogP contribution in [0.1, 0.15) is 5.56 Å². The van der Waals surface area contributed by atoms with Gasteiger partial charge in [0.2, 0.25) is 0 Å². The van der Waals surface area contributed by atoms with Gasteiger partial charge >= 0.3 is 0 Å². The van der Waals surface area contributed by atoms with E-state index < -0.39 is 0 Å². The minimum Gasteiger partial charge on any atom is -0.320 e. The molecule has 0 bridgehead atoms. The zero-order valence-electron chi connectivity index (χ0n) is 11.4. The largest absolute Gasteiger partial charge is 0.320 e. The molecule has 0 radical (unpaired) electrons. The number of anilines is 1. The van der Waals surface area contributed by atoms with Gasteiger partial charge in [0.25, 0.3) is 0 Å². The topological polar surface area (TPSA) is 28.0 Å². The first-order chi connectivity index (χ1) is 10.3. The third-order valence-electron chi connectivity index (χ3n) is 3.84. The molecule has 0 aliphatic carbocycles. The highest BCUT2D eigenvalue weighted by Crippen LogP contribution is 2.36. The Morgan fingerprint density at radius 2 is 1.81 bits per heavy atom. The number of aliphatic imine (C=N–C) groups is 2. The normalized spacial score (nSPS) is 19.7. The number of amidine groups is 1. The number of fused-ring (bicyclic) bond motifs is 3. The molecule has 0 aromatic heterocycles. The van der Waals surface area contributed by atoms with E-state index in [0.717, 1.165) is 30.2 Å². The van der Waals surface area contributed by atoms with Gasteiger partial charge in [-0.2, -0.15) is 0 Å². The van der Waals surface area contributed by atoms with E-state index in [1.807, 2.05) is 24.3 Å². The number of para-hydroxylation sites is 2. The quantitative estimate of drug-likeness (QED) is 0.828. The molecule has 0 saturated carbocycles. The number of hydrogen-bond acceptors (Lipinski definition) is 3. The number of nitrogens with zero attached hydrogens (tertiary/aromatic N) is 3. The van der Waals surface area contributed by atoms with Gasteiger partial charge in [0.15, 0.2) is 11.0 Å². The van der Waals surface area contributed by atoms with Crippen LogP contribution in [0.5, 0.6) is 0 Å². The first-order valence-electron chi connectivity index (χ1n) is 7.04. The summed E-state index contributed by atoms with van der Waals surface area (Å²) in [6.07, 6.45) is 0.924.